The van der Waals surface area contributed by atoms with Gasteiger partial charge in [0, 0.05) is 22.9 Å². The number of tetrazole rings is 1. The van der Waals surface area contributed by atoms with Gasteiger partial charge in [0.2, 0.25) is 5.91 Å². The van der Waals surface area contributed by atoms with Crippen LogP contribution in [0.2, 0.25) is 0 Å². The van der Waals surface area contributed by atoms with Gasteiger partial charge in [-0.05, 0) is 70.0 Å². The van der Waals surface area contributed by atoms with E-state index in [9.17, 15) is 4.79 Å². The van der Waals surface area contributed by atoms with Gasteiger partial charge in [0.15, 0.2) is 5.82 Å². The second-order valence-corrected chi connectivity index (χ2v) is 14.1. The number of carbonyl (C=O) groups excluding carboxylic acids is 1. The molecule has 0 atom stereocenters. The molecule has 0 bridgehead atoms. The molecule has 6 aromatic rings. The lowest BCUT2D eigenvalue weighted by molar-refractivity contribution is -0.122. The van der Waals surface area contributed by atoms with Crippen molar-refractivity contribution in [2.24, 2.45) is 0 Å². The van der Waals surface area contributed by atoms with Crippen molar-refractivity contribution < 1.29 is 4.79 Å². The first-order valence-electron chi connectivity index (χ1n) is 18.0. The Morgan fingerprint density at radius 3 is 1.76 bits per heavy atom. The largest absolute Gasteiger partial charge is 0.351 e. The Balaban J connectivity index is 0.000000292. The van der Waals surface area contributed by atoms with Crippen LogP contribution in [-0.2, 0) is 15.7 Å². The molecule has 1 aliphatic rings. The van der Waals surface area contributed by atoms with Crippen molar-refractivity contribution in [2.75, 3.05) is 0 Å². The minimum Gasteiger partial charge on any atom is -0.351 e. The van der Waals surface area contributed by atoms with Crippen molar-refractivity contribution in [1.29, 1.82) is 0 Å². The van der Waals surface area contributed by atoms with E-state index >= 15 is 0 Å². The number of carbonyl (C=O) groups is 1. The molecule has 7 rings (SSSR count). The van der Waals surface area contributed by atoms with E-state index in [1.165, 1.54) is 18.4 Å². The number of unbranched alkanes of at least 4 members (excludes halogenated alkanes) is 1. The zero-order valence-corrected chi connectivity index (χ0v) is 31.1. The molecule has 1 heterocycles. The second kappa shape index (κ2) is 16.9. The normalized spacial score (nSPS) is 13.6. The fourth-order valence-corrected chi connectivity index (χ4v) is 7.58. The third kappa shape index (κ3) is 8.04. The smallest absolute Gasteiger partial charge is 0.220 e. The number of alkyl halides is 1. The molecule has 1 N–H and O–H groups in total. The van der Waals surface area contributed by atoms with Crippen LogP contribution in [-0.4, -0.2) is 31.7 Å². The summed E-state index contributed by atoms with van der Waals surface area (Å²) in [6.07, 6.45) is 7.67. The number of hydrogen-bond acceptors (Lipinski definition) is 4. The Morgan fingerprint density at radius 2 is 1.25 bits per heavy atom. The van der Waals surface area contributed by atoms with Gasteiger partial charge < -0.3 is 5.32 Å². The Kier molecular flexibility index (Phi) is 11.9. The van der Waals surface area contributed by atoms with Gasteiger partial charge in [-0.3, -0.25) is 4.79 Å². The van der Waals surface area contributed by atoms with Crippen LogP contribution in [0.15, 0.2) is 140 Å². The Hall–Kier alpha value is -4.88. The summed E-state index contributed by atoms with van der Waals surface area (Å²) in [5, 5.41) is 17.6. The van der Waals surface area contributed by atoms with Gasteiger partial charge in [-0.2, -0.15) is 0 Å². The van der Waals surface area contributed by atoms with E-state index in [2.05, 4.69) is 161 Å². The Morgan fingerprint density at radius 1 is 0.745 bits per heavy atom. The van der Waals surface area contributed by atoms with Gasteiger partial charge in [0.1, 0.15) is 5.54 Å². The lowest BCUT2D eigenvalue weighted by Crippen LogP contribution is -2.43. The highest BCUT2D eigenvalue weighted by atomic mass is 79.9. The van der Waals surface area contributed by atoms with Crippen molar-refractivity contribution >= 4 is 21.8 Å². The molecule has 1 amide bonds. The molecular formula is C44H46BrN5O. The summed E-state index contributed by atoms with van der Waals surface area (Å²) in [6, 6.07) is 48.4. The van der Waals surface area contributed by atoms with Crippen LogP contribution in [0.3, 0.4) is 0 Å². The van der Waals surface area contributed by atoms with Crippen LogP contribution in [0, 0.1) is 0 Å². The highest BCUT2D eigenvalue weighted by molar-refractivity contribution is 9.08. The third-order valence-corrected chi connectivity index (χ3v) is 10.5. The lowest BCUT2D eigenvalue weighted by atomic mass is 9.77. The maximum atomic E-state index is 11.5. The van der Waals surface area contributed by atoms with Crippen LogP contribution in [0.4, 0.5) is 0 Å². The number of aromatic nitrogens is 4. The number of hydrogen-bond donors (Lipinski definition) is 1. The van der Waals surface area contributed by atoms with Crippen molar-refractivity contribution in [1.82, 2.24) is 25.5 Å². The second-order valence-electron chi connectivity index (χ2n) is 13.5. The van der Waals surface area contributed by atoms with Crippen LogP contribution >= 0.6 is 15.9 Å². The molecule has 1 aliphatic carbocycles. The summed E-state index contributed by atoms with van der Waals surface area (Å²) < 4.78 is 1.98. The van der Waals surface area contributed by atoms with Crippen molar-refractivity contribution in [3.05, 3.63) is 162 Å². The van der Waals surface area contributed by atoms with Crippen LogP contribution in [0.5, 0.6) is 0 Å². The summed E-state index contributed by atoms with van der Waals surface area (Å²) >= 11 is 3.55. The number of benzene rings is 5. The number of nitrogens with one attached hydrogen (secondary N) is 1. The maximum Gasteiger partial charge on any atom is 0.220 e. The molecule has 1 saturated carbocycles. The molecule has 0 saturated heterocycles. The number of nitrogens with zero attached hydrogens (tertiary/aromatic N) is 4. The molecule has 6 nitrogen and oxygen atoms in total. The van der Waals surface area contributed by atoms with Crippen LogP contribution in [0.1, 0.15) is 81.0 Å². The predicted molar refractivity (Wildman–Crippen MR) is 210 cm³/mol. The number of amides is 1. The van der Waals surface area contributed by atoms with Crippen LogP contribution < -0.4 is 5.32 Å². The van der Waals surface area contributed by atoms with Crippen LogP contribution in [0.25, 0.3) is 22.5 Å². The fourth-order valence-electron chi connectivity index (χ4n) is 7.21. The van der Waals surface area contributed by atoms with Gasteiger partial charge in [0.05, 0.1) is 0 Å². The lowest BCUT2D eigenvalue weighted by Gasteiger charge is -2.36. The average Bonchev–Trinajstić information content (AvgIpc) is 3.86. The van der Waals surface area contributed by atoms with E-state index in [4.69, 9.17) is 5.21 Å². The van der Waals surface area contributed by atoms with E-state index < -0.39 is 5.54 Å². The summed E-state index contributed by atoms with van der Waals surface area (Å²) in [6.45, 7) is 4.29. The minimum absolute atomic E-state index is 0.116. The molecule has 1 aromatic heterocycles. The summed E-state index contributed by atoms with van der Waals surface area (Å²) in [5.41, 5.74) is 6.93. The molecule has 0 radical (unpaired) electrons. The molecule has 0 spiro atoms. The predicted octanol–water partition coefficient (Wildman–Crippen LogP) is 10.4. The standard InChI is InChI=1S/C33H25BrN4.C11H21NO/c34-24-25-20-22-26(23-21-25)30-18-10-11-19-31(30)32-35-36-37-38(32)33(27-12-4-1-5-13-27,28-14-6-2-7-15-28)29-16-8-3-9-17-29;1-3-4-7-10(13)12-11(2)8-5-6-9-11/h1-23H,24H2;3-9H2,1-2H3,(H,12,13). The molecular weight excluding hydrogens is 694 g/mol. The molecule has 7 heteroatoms. The van der Waals surface area contributed by atoms with E-state index in [1.807, 2.05) is 28.9 Å². The monoisotopic (exact) mass is 739 g/mol. The molecule has 0 unspecified atom stereocenters. The first-order valence-corrected chi connectivity index (χ1v) is 19.1. The van der Waals surface area contributed by atoms with Gasteiger partial charge in [0.25, 0.3) is 0 Å². The molecule has 5 aromatic carbocycles. The van der Waals surface area contributed by atoms with Crippen molar-refractivity contribution in [3.63, 3.8) is 0 Å². The summed E-state index contributed by atoms with van der Waals surface area (Å²) in [4.78, 5) is 11.5. The summed E-state index contributed by atoms with van der Waals surface area (Å²) in [5.74, 6) is 0.938. The first kappa shape index (κ1) is 35.9. The Labute approximate surface area is 310 Å². The molecule has 1 fully saturated rings. The third-order valence-electron chi connectivity index (χ3n) is 9.85. The Bertz CT molecular complexity index is 1870. The van der Waals surface area contributed by atoms with Gasteiger partial charge in [-0.25, -0.2) is 4.68 Å². The topological polar surface area (TPSA) is 72.7 Å². The minimum atomic E-state index is -0.796. The van der Waals surface area contributed by atoms with Crippen molar-refractivity contribution in [3.8, 4) is 22.5 Å². The first-order chi connectivity index (χ1) is 25.0. The zero-order chi connectivity index (χ0) is 35.5. The SMILES string of the molecule is BrCc1ccc(-c2ccccc2-c2nnnn2C(c2ccccc2)(c2ccccc2)c2ccccc2)cc1.CCCCC(=O)NC1(C)CCCC1. The zero-order valence-electron chi connectivity index (χ0n) is 29.5. The molecule has 0 aliphatic heterocycles. The summed E-state index contributed by atoms with van der Waals surface area (Å²) in [7, 11) is 0. The highest BCUT2D eigenvalue weighted by Gasteiger charge is 2.42. The van der Waals surface area contributed by atoms with Gasteiger partial charge in [-0.1, -0.05) is 182 Å². The molecule has 51 heavy (non-hydrogen) atoms. The van der Waals surface area contributed by atoms with Gasteiger partial charge in [-0.15, -0.1) is 5.10 Å². The van der Waals surface area contributed by atoms with E-state index in [0.717, 1.165) is 64.4 Å². The fraction of sp³-hybridized carbons (Fsp3) is 0.273. The van der Waals surface area contributed by atoms with E-state index in [1.54, 1.807) is 0 Å². The van der Waals surface area contributed by atoms with Crippen molar-refractivity contribution in [2.45, 2.75) is 75.2 Å². The number of rotatable bonds is 11. The highest BCUT2D eigenvalue weighted by Crippen LogP contribution is 2.43. The van der Waals surface area contributed by atoms with E-state index in [0.29, 0.717) is 12.2 Å². The quantitative estimate of drug-likeness (QED) is 0.106. The van der Waals surface area contributed by atoms with Gasteiger partial charge >= 0.3 is 0 Å². The van der Waals surface area contributed by atoms with E-state index in [-0.39, 0.29) is 11.4 Å². The molecule has 260 valence electrons. The maximum absolute atomic E-state index is 11.5. The average molecular weight is 741 g/mol. The number of halogens is 1.